The molecule has 16 heavy (non-hydrogen) atoms. The van der Waals surface area contributed by atoms with Gasteiger partial charge < -0.3 is 10.4 Å². The number of rotatable bonds is 2. The largest absolute Gasteiger partial charge is 0.481 e. The van der Waals surface area contributed by atoms with Crippen LogP contribution in [0.3, 0.4) is 0 Å². The predicted molar refractivity (Wildman–Crippen MR) is 57.8 cm³/mol. The molecule has 2 atom stereocenters. The van der Waals surface area contributed by atoms with E-state index >= 15 is 0 Å². The smallest absolute Gasteiger partial charge is 0.309 e. The summed E-state index contributed by atoms with van der Waals surface area (Å²) in [6.07, 6.45) is 0.0638. The van der Waals surface area contributed by atoms with Gasteiger partial charge in [0.2, 0.25) is 5.91 Å². The molecule has 2 rings (SSSR count). The van der Waals surface area contributed by atoms with Crippen LogP contribution in [0.15, 0.2) is 24.3 Å². The molecule has 0 radical (unpaired) electrons. The van der Waals surface area contributed by atoms with E-state index in [0.29, 0.717) is 0 Å². The molecule has 0 saturated carbocycles. The molecule has 1 fully saturated rings. The van der Waals surface area contributed by atoms with Gasteiger partial charge in [0.15, 0.2) is 0 Å². The first-order valence-corrected chi connectivity index (χ1v) is 5.17. The second kappa shape index (κ2) is 3.96. The van der Waals surface area contributed by atoms with Crippen LogP contribution in [0.2, 0.25) is 0 Å². The van der Waals surface area contributed by atoms with E-state index in [-0.39, 0.29) is 12.3 Å². The lowest BCUT2D eigenvalue weighted by molar-refractivity contribution is -0.142. The normalized spacial score (nSPS) is 24.2. The Balaban J connectivity index is 2.36. The molecule has 1 heterocycles. The molecule has 0 aromatic heterocycles. The van der Waals surface area contributed by atoms with Crippen LogP contribution in [-0.4, -0.2) is 17.0 Å². The summed E-state index contributed by atoms with van der Waals surface area (Å²) in [4.78, 5) is 22.3. The zero-order valence-electron chi connectivity index (χ0n) is 8.93. The SMILES string of the molecule is Cc1ccccc1[C@@H]1NC(=O)C[C@H]1C(=O)O. The fourth-order valence-corrected chi connectivity index (χ4v) is 2.11. The fraction of sp³-hybridized carbons (Fsp3) is 0.333. The number of carboxylic acids is 1. The van der Waals surface area contributed by atoms with Crippen molar-refractivity contribution in [1.82, 2.24) is 5.32 Å². The van der Waals surface area contributed by atoms with Crippen LogP contribution in [0.4, 0.5) is 0 Å². The summed E-state index contributed by atoms with van der Waals surface area (Å²) in [6, 6.07) is 7.13. The van der Waals surface area contributed by atoms with E-state index in [9.17, 15) is 9.59 Å². The lowest BCUT2D eigenvalue weighted by atomic mass is 9.91. The Morgan fingerprint density at radius 2 is 2.12 bits per heavy atom. The van der Waals surface area contributed by atoms with Crippen LogP contribution in [-0.2, 0) is 9.59 Å². The molecule has 2 N–H and O–H groups in total. The monoisotopic (exact) mass is 219 g/mol. The van der Waals surface area contributed by atoms with Gasteiger partial charge in [-0.05, 0) is 18.1 Å². The number of carbonyl (C=O) groups is 2. The molecule has 0 unspecified atom stereocenters. The van der Waals surface area contributed by atoms with Gasteiger partial charge in [-0.25, -0.2) is 0 Å². The quantitative estimate of drug-likeness (QED) is 0.786. The fourth-order valence-electron chi connectivity index (χ4n) is 2.11. The molecule has 4 heteroatoms. The van der Waals surface area contributed by atoms with Gasteiger partial charge in [0, 0.05) is 6.42 Å². The summed E-state index contributed by atoms with van der Waals surface area (Å²) in [5.74, 6) is -1.78. The number of nitrogens with one attached hydrogen (secondary N) is 1. The van der Waals surface area contributed by atoms with Gasteiger partial charge in [-0.1, -0.05) is 24.3 Å². The first-order chi connectivity index (χ1) is 7.59. The van der Waals surface area contributed by atoms with Crippen LogP contribution in [0.25, 0.3) is 0 Å². The van der Waals surface area contributed by atoms with Crippen molar-refractivity contribution in [2.45, 2.75) is 19.4 Å². The Morgan fingerprint density at radius 3 is 2.75 bits per heavy atom. The highest BCUT2D eigenvalue weighted by molar-refractivity contribution is 5.87. The predicted octanol–water partition coefficient (Wildman–Crippen LogP) is 1.26. The summed E-state index contributed by atoms with van der Waals surface area (Å²) in [6.45, 7) is 1.92. The third-order valence-corrected chi connectivity index (χ3v) is 2.96. The lowest BCUT2D eigenvalue weighted by Crippen LogP contribution is -2.25. The molecular formula is C12H13NO3. The highest BCUT2D eigenvalue weighted by Gasteiger charge is 2.38. The second-order valence-corrected chi connectivity index (χ2v) is 4.05. The highest BCUT2D eigenvalue weighted by Crippen LogP contribution is 2.31. The van der Waals surface area contributed by atoms with Crippen LogP contribution in [0, 0.1) is 12.8 Å². The van der Waals surface area contributed by atoms with Crippen molar-refractivity contribution >= 4 is 11.9 Å². The van der Waals surface area contributed by atoms with E-state index in [1.54, 1.807) is 0 Å². The maximum absolute atomic E-state index is 11.3. The third-order valence-electron chi connectivity index (χ3n) is 2.96. The Hall–Kier alpha value is -1.84. The number of amides is 1. The van der Waals surface area contributed by atoms with E-state index < -0.39 is 17.9 Å². The summed E-state index contributed by atoms with van der Waals surface area (Å²) in [5, 5.41) is 11.8. The Labute approximate surface area is 93.3 Å². The summed E-state index contributed by atoms with van der Waals surface area (Å²) >= 11 is 0. The molecule has 4 nitrogen and oxygen atoms in total. The molecule has 1 aliphatic heterocycles. The Bertz CT molecular complexity index is 442. The van der Waals surface area contributed by atoms with Crippen molar-refractivity contribution < 1.29 is 14.7 Å². The average molecular weight is 219 g/mol. The number of hydrogen-bond donors (Lipinski definition) is 2. The molecule has 1 aromatic rings. The summed E-state index contributed by atoms with van der Waals surface area (Å²) in [7, 11) is 0. The minimum Gasteiger partial charge on any atom is -0.481 e. The van der Waals surface area contributed by atoms with E-state index in [0.717, 1.165) is 11.1 Å². The van der Waals surface area contributed by atoms with Gasteiger partial charge in [0.25, 0.3) is 0 Å². The van der Waals surface area contributed by atoms with Gasteiger partial charge >= 0.3 is 5.97 Å². The third kappa shape index (κ3) is 1.78. The molecule has 0 spiro atoms. The number of hydrogen-bond acceptors (Lipinski definition) is 2. The first-order valence-electron chi connectivity index (χ1n) is 5.17. The van der Waals surface area contributed by atoms with Crippen LogP contribution < -0.4 is 5.32 Å². The Morgan fingerprint density at radius 1 is 1.44 bits per heavy atom. The number of aliphatic carboxylic acids is 1. The topological polar surface area (TPSA) is 66.4 Å². The standard InChI is InChI=1S/C12H13NO3/c1-7-4-2-3-5-8(7)11-9(12(15)16)6-10(14)13-11/h2-5,9,11H,6H2,1H3,(H,13,14)(H,15,16)/t9-,11+/m1/s1. The van der Waals surface area contributed by atoms with Crippen molar-refractivity contribution in [2.75, 3.05) is 0 Å². The van der Waals surface area contributed by atoms with Gasteiger partial charge in [-0.3, -0.25) is 9.59 Å². The first kappa shape index (κ1) is 10.7. The van der Waals surface area contributed by atoms with Crippen LogP contribution in [0.1, 0.15) is 23.6 Å². The summed E-state index contributed by atoms with van der Waals surface area (Å²) in [5.41, 5.74) is 1.89. The maximum atomic E-state index is 11.3. The highest BCUT2D eigenvalue weighted by atomic mass is 16.4. The van der Waals surface area contributed by atoms with Gasteiger partial charge in [-0.15, -0.1) is 0 Å². The molecule has 0 bridgehead atoms. The molecule has 1 saturated heterocycles. The second-order valence-electron chi connectivity index (χ2n) is 4.05. The molecule has 1 amide bonds. The molecule has 0 aliphatic carbocycles. The van der Waals surface area contributed by atoms with Gasteiger partial charge in [0.1, 0.15) is 0 Å². The van der Waals surface area contributed by atoms with Crippen molar-refractivity contribution in [2.24, 2.45) is 5.92 Å². The molecule has 1 aromatic carbocycles. The van der Waals surface area contributed by atoms with E-state index in [1.165, 1.54) is 0 Å². The van der Waals surface area contributed by atoms with Gasteiger partial charge in [0.05, 0.1) is 12.0 Å². The van der Waals surface area contributed by atoms with Crippen molar-refractivity contribution in [3.8, 4) is 0 Å². The number of benzene rings is 1. The number of aryl methyl sites for hydroxylation is 1. The minimum absolute atomic E-state index is 0.0638. The van der Waals surface area contributed by atoms with Crippen molar-refractivity contribution in [1.29, 1.82) is 0 Å². The van der Waals surface area contributed by atoms with Crippen molar-refractivity contribution in [3.63, 3.8) is 0 Å². The summed E-state index contributed by atoms with van der Waals surface area (Å²) < 4.78 is 0. The zero-order valence-corrected chi connectivity index (χ0v) is 8.93. The maximum Gasteiger partial charge on any atom is 0.309 e. The zero-order chi connectivity index (χ0) is 11.7. The molecule has 84 valence electrons. The van der Waals surface area contributed by atoms with Crippen LogP contribution in [0.5, 0.6) is 0 Å². The van der Waals surface area contributed by atoms with Gasteiger partial charge in [-0.2, -0.15) is 0 Å². The Kier molecular flexibility index (Phi) is 2.64. The average Bonchev–Trinajstić information content (AvgIpc) is 2.61. The van der Waals surface area contributed by atoms with Crippen molar-refractivity contribution in [3.05, 3.63) is 35.4 Å². The lowest BCUT2D eigenvalue weighted by Gasteiger charge is -2.17. The van der Waals surface area contributed by atoms with E-state index in [1.807, 2.05) is 31.2 Å². The minimum atomic E-state index is -0.924. The van der Waals surface area contributed by atoms with Crippen LogP contribution >= 0.6 is 0 Å². The molecule has 1 aliphatic rings. The molecular weight excluding hydrogens is 206 g/mol. The number of carboxylic acid groups (broad SMARTS) is 1. The van der Waals surface area contributed by atoms with E-state index in [4.69, 9.17) is 5.11 Å². The number of carbonyl (C=O) groups excluding carboxylic acids is 1. The van der Waals surface area contributed by atoms with E-state index in [2.05, 4.69) is 5.32 Å².